The molecule has 0 saturated heterocycles. The summed E-state index contributed by atoms with van der Waals surface area (Å²) in [5.41, 5.74) is 7.14. The van der Waals surface area contributed by atoms with Crippen molar-refractivity contribution in [3.8, 4) is 0 Å². The predicted octanol–water partition coefficient (Wildman–Crippen LogP) is 1.16. The zero-order valence-electron chi connectivity index (χ0n) is 7.15. The van der Waals surface area contributed by atoms with Crippen LogP contribution in [0.15, 0.2) is 30.3 Å². The van der Waals surface area contributed by atoms with Crippen molar-refractivity contribution >= 4 is 11.9 Å². The van der Waals surface area contributed by atoms with Gasteiger partial charge in [0, 0.05) is 12.6 Å². The van der Waals surface area contributed by atoms with E-state index < -0.39 is 11.9 Å². The molecule has 0 bridgehead atoms. The Morgan fingerprint density at radius 2 is 1.77 bits per heavy atom. The summed E-state index contributed by atoms with van der Waals surface area (Å²) in [4.78, 5) is 22.7. The molecule has 1 N–H and O–H groups in total. The third-order valence-electron chi connectivity index (χ3n) is 1.63. The van der Waals surface area contributed by atoms with Crippen molar-refractivity contribution in [1.82, 2.24) is 10.6 Å². The standard InChI is InChI=1S/C9H9N2O2/c1-11(9(10)13)8(12)7-5-3-2-4-6-7/h2-6,10H,1H3. The van der Waals surface area contributed by atoms with Gasteiger partial charge in [-0.15, -0.1) is 0 Å². The van der Waals surface area contributed by atoms with Gasteiger partial charge < -0.3 is 0 Å². The molecule has 0 atom stereocenters. The number of carbonyl (C=O) groups is 2. The van der Waals surface area contributed by atoms with E-state index in [0.29, 0.717) is 5.56 Å². The monoisotopic (exact) mass is 177 g/mol. The Balaban J connectivity index is 2.86. The number of hydrogen-bond donors (Lipinski definition) is 0. The first-order valence-electron chi connectivity index (χ1n) is 3.71. The summed E-state index contributed by atoms with van der Waals surface area (Å²) in [6, 6.07) is 7.38. The van der Waals surface area contributed by atoms with Gasteiger partial charge in [0.1, 0.15) is 0 Å². The number of rotatable bonds is 1. The first-order valence-corrected chi connectivity index (χ1v) is 3.71. The van der Waals surface area contributed by atoms with Gasteiger partial charge in [-0.3, -0.25) is 9.69 Å². The Kier molecular flexibility index (Phi) is 2.64. The number of amides is 3. The largest absolute Gasteiger partial charge is 0.342 e. The minimum absolute atomic E-state index is 0.408. The van der Waals surface area contributed by atoms with Gasteiger partial charge in [-0.05, 0) is 12.1 Å². The minimum Gasteiger partial charge on any atom is -0.269 e. The predicted molar refractivity (Wildman–Crippen MR) is 47.0 cm³/mol. The lowest BCUT2D eigenvalue weighted by Gasteiger charge is -2.10. The summed E-state index contributed by atoms with van der Waals surface area (Å²) in [7, 11) is 1.28. The normalized spacial score (nSPS) is 9.31. The van der Waals surface area contributed by atoms with Crippen LogP contribution in [0.4, 0.5) is 4.79 Å². The summed E-state index contributed by atoms with van der Waals surface area (Å²) in [5, 5.41) is 0. The number of benzene rings is 1. The Morgan fingerprint density at radius 1 is 1.23 bits per heavy atom. The molecule has 1 rings (SSSR count). The van der Waals surface area contributed by atoms with Crippen LogP contribution in [0.2, 0.25) is 0 Å². The maximum Gasteiger partial charge on any atom is 0.342 e. The zero-order valence-corrected chi connectivity index (χ0v) is 7.15. The van der Waals surface area contributed by atoms with Crippen LogP contribution in [0.3, 0.4) is 0 Å². The number of carbonyl (C=O) groups excluding carboxylic acids is 2. The lowest BCUT2D eigenvalue weighted by molar-refractivity contribution is 0.0837. The van der Waals surface area contributed by atoms with E-state index in [0.717, 1.165) is 4.90 Å². The Hall–Kier alpha value is -1.84. The number of imide groups is 1. The quantitative estimate of drug-likeness (QED) is 0.646. The highest BCUT2D eigenvalue weighted by molar-refractivity contribution is 6.03. The van der Waals surface area contributed by atoms with E-state index in [9.17, 15) is 9.59 Å². The van der Waals surface area contributed by atoms with Gasteiger partial charge in [0.05, 0.1) is 0 Å². The molecule has 67 valence electrons. The molecule has 4 heteroatoms. The molecule has 3 amide bonds. The molecule has 1 aromatic carbocycles. The van der Waals surface area contributed by atoms with Gasteiger partial charge in [-0.2, -0.15) is 0 Å². The van der Waals surface area contributed by atoms with Crippen molar-refractivity contribution in [2.24, 2.45) is 0 Å². The Labute approximate surface area is 75.9 Å². The second kappa shape index (κ2) is 3.71. The highest BCUT2D eigenvalue weighted by Gasteiger charge is 2.15. The van der Waals surface area contributed by atoms with E-state index in [-0.39, 0.29) is 0 Å². The average Bonchev–Trinajstić information content (AvgIpc) is 2.17. The van der Waals surface area contributed by atoms with Crippen LogP contribution in [0.5, 0.6) is 0 Å². The molecular weight excluding hydrogens is 168 g/mol. The third-order valence-corrected chi connectivity index (χ3v) is 1.63. The Bertz CT molecular complexity index is 322. The van der Waals surface area contributed by atoms with Gasteiger partial charge >= 0.3 is 6.03 Å². The molecule has 1 aromatic rings. The van der Waals surface area contributed by atoms with Crippen LogP contribution in [-0.2, 0) is 0 Å². The molecule has 0 heterocycles. The number of hydrogen-bond acceptors (Lipinski definition) is 2. The fraction of sp³-hybridized carbons (Fsp3) is 0.111. The molecule has 13 heavy (non-hydrogen) atoms. The molecule has 0 aliphatic carbocycles. The summed E-state index contributed by atoms with van der Waals surface area (Å²) in [6.45, 7) is 0. The van der Waals surface area contributed by atoms with E-state index in [1.807, 2.05) is 0 Å². The number of urea groups is 1. The maximum absolute atomic E-state index is 11.4. The third kappa shape index (κ3) is 2.05. The SMILES string of the molecule is CN(C([NH])=O)C(=O)c1ccccc1. The van der Waals surface area contributed by atoms with Gasteiger partial charge in [0.15, 0.2) is 0 Å². The molecule has 4 nitrogen and oxygen atoms in total. The van der Waals surface area contributed by atoms with Gasteiger partial charge in [-0.1, -0.05) is 18.2 Å². The lowest BCUT2D eigenvalue weighted by Crippen LogP contribution is -2.32. The molecule has 0 unspecified atom stereocenters. The van der Waals surface area contributed by atoms with Crippen molar-refractivity contribution in [2.45, 2.75) is 0 Å². The van der Waals surface area contributed by atoms with E-state index in [1.165, 1.54) is 7.05 Å². The fourth-order valence-electron chi connectivity index (χ4n) is 0.867. The van der Waals surface area contributed by atoms with Gasteiger partial charge in [0.2, 0.25) is 0 Å². The molecule has 0 aliphatic rings. The van der Waals surface area contributed by atoms with Crippen LogP contribution in [-0.4, -0.2) is 23.9 Å². The zero-order chi connectivity index (χ0) is 9.84. The van der Waals surface area contributed by atoms with Crippen LogP contribution in [0.25, 0.3) is 0 Å². The molecule has 0 saturated carbocycles. The van der Waals surface area contributed by atoms with Crippen molar-refractivity contribution in [3.05, 3.63) is 35.9 Å². The average molecular weight is 177 g/mol. The van der Waals surface area contributed by atoms with Crippen LogP contribution in [0.1, 0.15) is 10.4 Å². The molecule has 1 radical (unpaired) electrons. The molecule has 0 aliphatic heterocycles. The second-order valence-corrected chi connectivity index (χ2v) is 2.54. The molecular formula is C9H9N2O2. The summed E-state index contributed by atoms with van der Waals surface area (Å²) >= 11 is 0. The Morgan fingerprint density at radius 3 is 2.23 bits per heavy atom. The number of nitrogens with zero attached hydrogens (tertiary/aromatic N) is 1. The topological polar surface area (TPSA) is 61.2 Å². The van der Waals surface area contributed by atoms with Gasteiger partial charge in [0.25, 0.3) is 5.91 Å². The smallest absolute Gasteiger partial charge is 0.269 e. The van der Waals surface area contributed by atoms with Crippen LogP contribution >= 0.6 is 0 Å². The second-order valence-electron chi connectivity index (χ2n) is 2.54. The minimum atomic E-state index is -1.01. The highest BCUT2D eigenvalue weighted by Crippen LogP contribution is 2.02. The first-order chi connectivity index (χ1) is 6.13. The van der Waals surface area contributed by atoms with Crippen LogP contribution in [0, 0.1) is 0 Å². The summed E-state index contributed by atoms with van der Waals surface area (Å²) < 4.78 is 0. The maximum atomic E-state index is 11.4. The van der Waals surface area contributed by atoms with Crippen molar-refractivity contribution in [3.63, 3.8) is 0 Å². The molecule has 0 spiro atoms. The van der Waals surface area contributed by atoms with E-state index in [2.05, 4.69) is 0 Å². The summed E-state index contributed by atoms with van der Waals surface area (Å²) in [5.74, 6) is -0.458. The van der Waals surface area contributed by atoms with E-state index >= 15 is 0 Å². The van der Waals surface area contributed by atoms with E-state index in [1.54, 1.807) is 30.3 Å². The van der Waals surface area contributed by atoms with Crippen LogP contribution < -0.4 is 5.73 Å². The fourth-order valence-corrected chi connectivity index (χ4v) is 0.867. The van der Waals surface area contributed by atoms with Gasteiger partial charge in [-0.25, -0.2) is 10.5 Å². The van der Waals surface area contributed by atoms with Crippen molar-refractivity contribution in [1.29, 1.82) is 0 Å². The summed E-state index contributed by atoms with van der Waals surface area (Å²) in [6.07, 6.45) is 0. The highest BCUT2D eigenvalue weighted by atomic mass is 16.2. The van der Waals surface area contributed by atoms with E-state index in [4.69, 9.17) is 5.73 Å². The number of nitrogens with one attached hydrogen (secondary N) is 1. The van der Waals surface area contributed by atoms with Crippen molar-refractivity contribution in [2.75, 3.05) is 7.05 Å². The molecule has 0 fully saturated rings. The molecule has 0 aromatic heterocycles. The van der Waals surface area contributed by atoms with Crippen molar-refractivity contribution < 1.29 is 9.59 Å². The lowest BCUT2D eigenvalue weighted by atomic mass is 10.2. The first kappa shape index (κ1) is 9.25.